The van der Waals surface area contributed by atoms with Crippen LogP contribution in [0, 0.1) is 0 Å². The minimum Gasteiger partial charge on any atom is -0.463 e. The first-order valence-corrected chi connectivity index (χ1v) is 8.77. The molecule has 0 unspecified atom stereocenters. The van der Waals surface area contributed by atoms with Crippen molar-refractivity contribution >= 4 is 51.8 Å². The number of anilines is 1. The molecule has 1 aromatic rings. The van der Waals surface area contributed by atoms with Crippen LogP contribution < -0.4 is 11.1 Å². The second-order valence-electron chi connectivity index (χ2n) is 4.58. The monoisotopic (exact) mass is 369 g/mol. The van der Waals surface area contributed by atoms with Crippen molar-refractivity contribution < 1.29 is 23.9 Å². The van der Waals surface area contributed by atoms with Crippen LogP contribution in [0.15, 0.2) is 22.6 Å². The van der Waals surface area contributed by atoms with Crippen LogP contribution in [0.2, 0.25) is 0 Å². The molecule has 0 aromatic carbocycles. The molecule has 10 heteroatoms. The first-order chi connectivity index (χ1) is 11.4. The van der Waals surface area contributed by atoms with Gasteiger partial charge in [0, 0.05) is 0 Å². The molecule has 0 aliphatic carbocycles. The van der Waals surface area contributed by atoms with Gasteiger partial charge >= 0.3 is 5.97 Å². The Hall–Kier alpha value is -2.33. The number of hydrogen-bond donors (Lipinski definition) is 2. The number of esters is 1. The van der Waals surface area contributed by atoms with Crippen LogP contribution in [0.25, 0.3) is 0 Å². The summed E-state index contributed by atoms with van der Waals surface area (Å²) in [4.78, 5) is 48.0. The first kappa shape index (κ1) is 18.0. The Kier molecular flexibility index (Phi) is 5.99. The van der Waals surface area contributed by atoms with Crippen LogP contribution >= 0.6 is 23.1 Å². The van der Waals surface area contributed by atoms with Crippen molar-refractivity contribution in [2.24, 2.45) is 5.73 Å². The third-order valence-corrected chi connectivity index (χ3v) is 4.78. The maximum Gasteiger partial charge on any atom is 0.333 e. The van der Waals surface area contributed by atoms with Crippen LogP contribution in [-0.2, 0) is 19.1 Å². The summed E-state index contributed by atoms with van der Waals surface area (Å²) < 4.78 is 4.80. The minimum atomic E-state index is -0.651. The van der Waals surface area contributed by atoms with Crippen molar-refractivity contribution in [2.75, 3.05) is 24.2 Å². The van der Waals surface area contributed by atoms with E-state index in [0.29, 0.717) is 10.0 Å². The molecule has 1 aliphatic rings. The van der Waals surface area contributed by atoms with Gasteiger partial charge in [0.2, 0.25) is 11.8 Å². The number of thiophene rings is 1. The molecule has 0 saturated carbocycles. The first-order valence-electron chi connectivity index (χ1n) is 6.91. The van der Waals surface area contributed by atoms with E-state index in [-0.39, 0.29) is 30.4 Å². The van der Waals surface area contributed by atoms with Gasteiger partial charge in [0.25, 0.3) is 5.91 Å². The maximum absolute atomic E-state index is 12.1. The van der Waals surface area contributed by atoms with E-state index in [1.807, 2.05) is 0 Å². The summed E-state index contributed by atoms with van der Waals surface area (Å²) in [6.07, 6.45) is 1.19. The van der Waals surface area contributed by atoms with Crippen molar-refractivity contribution in [1.29, 1.82) is 0 Å². The molecule has 1 aromatic heterocycles. The fourth-order valence-electron chi connectivity index (χ4n) is 1.89. The summed E-state index contributed by atoms with van der Waals surface area (Å²) >= 11 is 2.31. The Labute approximate surface area is 146 Å². The predicted octanol–water partition coefficient (Wildman–Crippen LogP) is 0.765. The molecule has 8 nitrogen and oxygen atoms in total. The van der Waals surface area contributed by atoms with E-state index in [1.165, 1.54) is 17.0 Å². The molecule has 24 heavy (non-hydrogen) atoms. The Morgan fingerprint density at radius 3 is 2.88 bits per heavy atom. The number of thioether (sulfide) groups is 1. The highest BCUT2D eigenvalue weighted by Gasteiger charge is 2.29. The molecule has 128 valence electrons. The third-order valence-electron chi connectivity index (χ3n) is 2.92. The molecule has 1 aliphatic heterocycles. The molecule has 0 spiro atoms. The molecule has 2 rings (SSSR count). The smallest absolute Gasteiger partial charge is 0.333 e. The Bertz CT molecular complexity index is 713. The van der Waals surface area contributed by atoms with Crippen LogP contribution in [0.5, 0.6) is 0 Å². The van der Waals surface area contributed by atoms with E-state index < -0.39 is 17.8 Å². The lowest BCUT2D eigenvalue weighted by molar-refractivity contribution is -0.137. The minimum absolute atomic E-state index is 0.143. The van der Waals surface area contributed by atoms with E-state index in [0.717, 1.165) is 23.1 Å². The maximum atomic E-state index is 12.1. The molecule has 0 radical (unpaired) electrons. The average molecular weight is 369 g/mol. The molecule has 2 heterocycles. The number of carbonyl (C=O) groups excluding carboxylic acids is 4. The Morgan fingerprint density at radius 2 is 2.21 bits per heavy atom. The number of amides is 3. The molecular formula is C14H15N3O5S2. The van der Waals surface area contributed by atoms with Crippen LogP contribution in [0.1, 0.15) is 17.3 Å². The summed E-state index contributed by atoms with van der Waals surface area (Å²) in [6, 6.07) is 1.51. The van der Waals surface area contributed by atoms with Gasteiger partial charge in [-0.1, -0.05) is 11.8 Å². The lowest BCUT2D eigenvalue weighted by atomic mass is 10.3. The van der Waals surface area contributed by atoms with Gasteiger partial charge in [0.15, 0.2) is 0 Å². The van der Waals surface area contributed by atoms with Gasteiger partial charge in [-0.3, -0.25) is 19.3 Å². The lowest BCUT2D eigenvalue weighted by Gasteiger charge is -2.16. The standard InChI is InChI=1S/C14H15N3O5S2/c1-2-22-12(20)5-11-17(10(19)7-24-11)6-9(18)16-14-8(13(15)21)3-4-23-14/h3-5H,2,6-7H2,1H3,(H2,15,21)(H,16,18). The predicted molar refractivity (Wildman–Crippen MR) is 90.4 cm³/mol. The molecule has 1 saturated heterocycles. The lowest BCUT2D eigenvalue weighted by Crippen LogP contribution is -2.34. The number of primary amides is 1. The molecular weight excluding hydrogens is 354 g/mol. The van der Waals surface area contributed by atoms with E-state index in [2.05, 4.69) is 5.32 Å². The second kappa shape index (κ2) is 7.97. The molecule has 3 N–H and O–H groups in total. The van der Waals surface area contributed by atoms with Crippen molar-refractivity contribution in [1.82, 2.24) is 4.90 Å². The number of nitrogens with two attached hydrogens (primary N) is 1. The fraction of sp³-hybridized carbons (Fsp3) is 0.286. The second-order valence-corrected chi connectivity index (χ2v) is 6.49. The summed E-state index contributed by atoms with van der Waals surface area (Å²) in [6.45, 7) is 1.62. The highest BCUT2D eigenvalue weighted by Crippen LogP contribution is 2.29. The summed E-state index contributed by atoms with van der Waals surface area (Å²) in [5.41, 5.74) is 5.42. The number of nitrogens with zero attached hydrogens (tertiary/aromatic N) is 1. The van der Waals surface area contributed by atoms with Gasteiger partial charge in [-0.05, 0) is 18.4 Å². The van der Waals surface area contributed by atoms with E-state index in [1.54, 1.807) is 12.3 Å². The van der Waals surface area contributed by atoms with Crippen molar-refractivity contribution in [3.63, 3.8) is 0 Å². The highest BCUT2D eigenvalue weighted by molar-refractivity contribution is 8.04. The largest absolute Gasteiger partial charge is 0.463 e. The van der Waals surface area contributed by atoms with Gasteiger partial charge in [0.05, 0.1) is 29.0 Å². The zero-order valence-corrected chi connectivity index (χ0v) is 14.4. The summed E-state index contributed by atoms with van der Waals surface area (Å²) in [5, 5.41) is 4.85. The fourth-order valence-corrected chi connectivity index (χ4v) is 3.63. The topological polar surface area (TPSA) is 119 Å². The third kappa shape index (κ3) is 4.36. The van der Waals surface area contributed by atoms with Gasteiger partial charge < -0.3 is 15.8 Å². The summed E-state index contributed by atoms with van der Waals surface area (Å²) in [5.74, 6) is -1.86. The zero-order chi connectivity index (χ0) is 17.7. The number of ether oxygens (including phenoxy) is 1. The normalized spacial score (nSPS) is 15.6. The molecule has 3 amide bonds. The van der Waals surface area contributed by atoms with E-state index in [4.69, 9.17) is 10.5 Å². The average Bonchev–Trinajstić information content (AvgIpc) is 3.09. The number of rotatable bonds is 6. The number of carbonyl (C=O) groups is 4. The van der Waals surface area contributed by atoms with E-state index in [9.17, 15) is 19.2 Å². The Morgan fingerprint density at radius 1 is 1.46 bits per heavy atom. The van der Waals surface area contributed by atoms with Crippen molar-refractivity contribution in [2.45, 2.75) is 6.92 Å². The highest BCUT2D eigenvalue weighted by atomic mass is 32.2. The van der Waals surface area contributed by atoms with Gasteiger partial charge in [0.1, 0.15) is 11.5 Å². The van der Waals surface area contributed by atoms with Gasteiger partial charge in [-0.2, -0.15) is 0 Å². The van der Waals surface area contributed by atoms with Crippen LogP contribution in [-0.4, -0.2) is 47.5 Å². The Balaban J connectivity index is 2.06. The summed E-state index contributed by atoms with van der Waals surface area (Å²) in [7, 11) is 0. The van der Waals surface area contributed by atoms with Gasteiger partial charge in [-0.15, -0.1) is 11.3 Å². The SMILES string of the molecule is CCOC(=O)C=C1SCC(=O)N1CC(=O)Nc1sccc1C(N)=O. The molecule has 0 bridgehead atoms. The van der Waals surface area contributed by atoms with Crippen LogP contribution in [0.4, 0.5) is 5.00 Å². The zero-order valence-electron chi connectivity index (χ0n) is 12.7. The quantitative estimate of drug-likeness (QED) is 0.565. The number of hydrogen-bond acceptors (Lipinski definition) is 7. The van der Waals surface area contributed by atoms with Crippen molar-refractivity contribution in [3.05, 3.63) is 28.1 Å². The molecule has 1 fully saturated rings. The molecule has 0 atom stereocenters. The van der Waals surface area contributed by atoms with Crippen LogP contribution in [0.3, 0.4) is 0 Å². The van der Waals surface area contributed by atoms with E-state index >= 15 is 0 Å². The van der Waals surface area contributed by atoms with Gasteiger partial charge in [-0.25, -0.2) is 4.79 Å². The number of nitrogens with one attached hydrogen (secondary N) is 1. The van der Waals surface area contributed by atoms with Crippen molar-refractivity contribution in [3.8, 4) is 0 Å².